The van der Waals surface area contributed by atoms with Crippen LogP contribution in [0.25, 0.3) is 10.6 Å². The molecule has 25 heavy (non-hydrogen) atoms. The van der Waals surface area contributed by atoms with E-state index >= 15 is 0 Å². The Morgan fingerprint density at radius 1 is 1.36 bits per heavy atom. The van der Waals surface area contributed by atoms with Gasteiger partial charge in [-0.2, -0.15) is 0 Å². The van der Waals surface area contributed by atoms with Crippen molar-refractivity contribution in [2.45, 2.75) is 39.7 Å². The van der Waals surface area contributed by atoms with E-state index in [0.29, 0.717) is 5.75 Å². The molecule has 0 bridgehead atoms. The normalized spacial score (nSPS) is 13.1. The molecule has 0 saturated carbocycles. The van der Waals surface area contributed by atoms with Crippen molar-refractivity contribution in [2.24, 2.45) is 4.99 Å². The second kappa shape index (κ2) is 9.65. The first-order valence-corrected chi connectivity index (χ1v) is 9.32. The highest BCUT2D eigenvalue weighted by Gasteiger charge is 2.15. The van der Waals surface area contributed by atoms with Crippen LogP contribution in [0.4, 0.5) is 5.69 Å². The zero-order valence-electron chi connectivity index (χ0n) is 15.3. The van der Waals surface area contributed by atoms with Gasteiger partial charge < -0.3 is 14.6 Å². The Labute approximate surface area is 153 Å². The van der Waals surface area contributed by atoms with E-state index in [-0.39, 0.29) is 13.2 Å². The molecule has 1 N–H and O–H groups in total. The molecule has 0 aliphatic rings. The zero-order valence-corrected chi connectivity index (χ0v) is 16.1. The van der Waals surface area contributed by atoms with Crippen LogP contribution in [0.3, 0.4) is 0 Å². The number of hydrogen-bond donors (Lipinski definition) is 1. The standard InChI is InChI=1S/C19H26N2O3S/c1-5-6-13(2)21-18-14(3)16(19-20-9-10-25-19)7-8-17(18)24-12-15(22)11-23-4/h7-10,15,22H,5-6,11-12H2,1-4H3. The molecular formula is C19H26N2O3S. The Bertz CT molecular complexity index is 699. The summed E-state index contributed by atoms with van der Waals surface area (Å²) in [7, 11) is 1.56. The summed E-state index contributed by atoms with van der Waals surface area (Å²) in [6.45, 7) is 6.61. The van der Waals surface area contributed by atoms with E-state index in [0.717, 1.165) is 40.4 Å². The minimum atomic E-state index is -0.669. The number of aromatic nitrogens is 1. The summed E-state index contributed by atoms with van der Waals surface area (Å²) < 4.78 is 10.8. The fraction of sp³-hybridized carbons (Fsp3) is 0.474. The van der Waals surface area contributed by atoms with Crippen LogP contribution in [0.1, 0.15) is 32.3 Å². The summed E-state index contributed by atoms with van der Waals surface area (Å²) in [6.07, 6.45) is 3.11. The average Bonchev–Trinajstić information content (AvgIpc) is 3.10. The van der Waals surface area contributed by atoms with Crippen LogP contribution in [0.5, 0.6) is 5.75 Å². The first-order valence-electron chi connectivity index (χ1n) is 8.44. The van der Waals surface area contributed by atoms with E-state index < -0.39 is 6.10 Å². The van der Waals surface area contributed by atoms with Crippen molar-refractivity contribution in [1.82, 2.24) is 4.98 Å². The number of aliphatic hydroxyl groups is 1. The number of nitrogens with zero attached hydrogens (tertiary/aromatic N) is 2. The van der Waals surface area contributed by atoms with Crippen molar-refractivity contribution >= 4 is 22.7 Å². The number of aliphatic hydroxyl groups excluding tert-OH is 1. The topological polar surface area (TPSA) is 63.9 Å². The van der Waals surface area contributed by atoms with E-state index in [2.05, 4.69) is 11.9 Å². The van der Waals surface area contributed by atoms with Gasteiger partial charge in [0.05, 0.1) is 6.61 Å². The molecule has 1 atom stereocenters. The lowest BCUT2D eigenvalue weighted by Gasteiger charge is -2.16. The molecule has 2 rings (SSSR count). The van der Waals surface area contributed by atoms with E-state index in [1.54, 1.807) is 24.6 Å². The molecule has 2 aromatic rings. The summed E-state index contributed by atoms with van der Waals surface area (Å²) in [5, 5.41) is 12.8. The quantitative estimate of drug-likeness (QED) is 0.672. The molecule has 0 aliphatic carbocycles. The van der Waals surface area contributed by atoms with Crippen molar-refractivity contribution in [2.75, 3.05) is 20.3 Å². The van der Waals surface area contributed by atoms with Crippen molar-refractivity contribution in [3.05, 3.63) is 29.3 Å². The van der Waals surface area contributed by atoms with E-state index in [1.807, 2.05) is 31.4 Å². The number of methoxy groups -OCH3 is 1. The highest BCUT2D eigenvalue weighted by Crippen LogP contribution is 2.39. The third-order valence-electron chi connectivity index (χ3n) is 3.76. The number of hydrogen-bond acceptors (Lipinski definition) is 6. The SMILES string of the molecule is CCCC(C)=Nc1c(OCC(O)COC)ccc(-c2nccs2)c1C. The maximum atomic E-state index is 9.85. The van der Waals surface area contributed by atoms with E-state index in [4.69, 9.17) is 14.5 Å². The molecule has 0 saturated heterocycles. The van der Waals surface area contributed by atoms with Gasteiger partial charge in [0.25, 0.3) is 0 Å². The molecule has 6 heteroatoms. The molecule has 1 unspecified atom stereocenters. The minimum Gasteiger partial charge on any atom is -0.489 e. The highest BCUT2D eigenvalue weighted by molar-refractivity contribution is 7.13. The molecular weight excluding hydrogens is 336 g/mol. The zero-order chi connectivity index (χ0) is 18.2. The second-order valence-corrected chi connectivity index (χ2v) is 6.83. The van der Waals surface area contributed by atoms with Gasteiger partial charge in [0, 0.05) is 30.0 Å². The number of benzene rings is 1. The maximum absolute atomic E-state index is 9.85. The van der Waals surface area contributed by atoms with Crippen LogP contribution >= 0.6 is 11.3 Å². The van der Waals surface area contributed by atoms with Crippen molar-refractivity contribution in [3.63, 3.8) is 0 Å². The van der Waals surface area contributed by atoms with Crippen LogP contribution in [0.15, 0.2) is 28.7 Å². The minimum absolute atomic E-state index is 0.166. The van der Waals surface area contributed by atoms with Crippen molar-refractivity contribution < 1.29 is 14.6 Å². The average molecular weight is 362 g/mol. The third kappa shape index (κ3) is 5.36. The van der Waals surface area contributed by atoms with Crippen LogP contribution in [-0.4, -0.2) is 42.2 Å². The van der Waals surface area contributed by atoms with Crippen LogP contribution < -0.4 is 4.74 Å². The first kappa shape index (κ1) is 19.6. The fourth-order valence-corrected chi connectivity index (χ4v) is 3.27. The maximum Gasteiger partial charge on any atom is 0.145 e. The molecule has 0 amide bonds. The predicted octanol–water partition coefficient (Wildman–Crippen LogP) is 4.40. The lowest BCUT2D eigenvalue weighted by Crippen LogP contribution is -2.22. The van der Waals surface area contributed by atoms with E-state index in [1.165, 1.54) is 0 Å². The summed E-state index contributed by atoms with van der Waals surface area (Å²) in [5.41, 5.74) is 3.96. The predicted molar refractivity (Wildman–Crippen MR) is 103 cm³/mol. The number of rotatable bonds is 9. The summed E-state index contributed by atoms with van der Waals surface area (Å²) >= 11 is 1.60. The Kier molecular flexibility index (Phi) is 7.55. The molecule has 1 heterocycles. The van der Waals surface area contributed by atoms with Gasteiger partial charge in [0.2, 0.25) is 0 Å². The largest absolute Gasteiger partial charge is 0.489 e. The number of aliphatic imine (C=N–C) groups is 1. The van der Waals surface area contributed by atoms with Gasteiger partial charge in [-0.15, -0.1) is 11.3 Å². The molecule has 1 aromatic carbocycles. The van der Waals surface area contributed by atoms with Gasteiger partial charge >= 0.3 is 0 Å². The molecule has 5 nitrogen and oxygen atoms in total. The Morgan fingerprint density at radius 2 is 2.16 bits per heavy atom. The van der Waals surface area contributed by atoms with Gasteiger partial charge in [-0.25, -0.2) is 4.98 Å². The third-order valence-corrected chi connectivity index (χ3v) is 4.57. The smallest absolute Gasteiger partial charge is 0.145 e. The summed E-state index contributed by atoms with van der Waals surface area (Å²) in [6, 6.07) is 3.90. The van der Waals surface area contributed by atoms with Crippen molar-refractivity contribution in [3.8, 4) is 16.3 Å². The van der Waals surface area contributed by atoms with Gasteiger partial charge in [0.1, 0.15) is 29.2 Å². The van der Waals surface area contributed by atoms with Crippen LogP contribution in [0.2, 0.25) is 0 Å². The highest BCUT2D eigenvalue weighted by atomic mass is 32.1. The summed E-state index contributed by atoms with van der Waals surface area (Å²) in [4.78, 5) is 9.20. The van der Waals surface area contributed by atoms with Crippen LogP contribution in [-0.2, 0) is 4.74 Å². The summed E-state index contributed by atoms with van der Waals surface area (Å²) in [5.74, 6) is 0.670. The van der Waals surface area contributed by atoms with Gasteiger partial charge in [-0.1, -0.05) is 13.3 Å². The van der Waals surface area contributed by atoms with E-state index in [9.17, 15) is 5.11 Å². The second-order valence-electron chi connectivity index (χ2n) is 5.94. The number of thiazole rings is 1. The van der Waals surface area contributed by atoms with Crippen molar-refractivity contribution in [1.29, 1.82) is 0 Å². The number of ether oxygens (including phenoxy) is 2. The van der Waals surface area contributed by atoms with Crippen LogP contribution in [0, 0.1) is 6.92 Å². The lowest BCUT2D eigenvalue weighted by atomic mass is 10.1. The van der Waals surface area contributed by atoms with Gasteiger partial charge in [-0.05, 0) is 38.0 Å². The monoisotopic (exact) mass is 362 g/mol. The fourth-order valence-electron chi connectivity index (χ4n) is 2.55. The lowest BCUT2D eigenvalue weighted by molar-refractivity contribution is 0.0327. The molecule has 0 fully saturated rings. The van der Waals surface area contributed by atoms with Gasteiger partial charge in [-0.3, -0.25) is 4.99 Å². The molecule has 0 spiro atoms. The Morgan fingerprint density at radius 3 is 2.80 bits per heavy atom. The van der Waals surface area contributed by atoms with Gasteiger partial charge in [0.15, 0.2) is 0 Å². The Balaban J connectivity index is 2.37. The molecule has 0 radical (unpaired) electrons. The molecule has 1 aromatic heterocycles. The molecule has 136 valence electrons. The Hall–Kier alpha value is -1.76. The first-order chi connectivity index (χ1) is 12.1. The molecule has 0 aliphatic heterocycles.